The van der Waals surface area contributed by atoms with E-state index in [-0.39, 0.29) is 22.4 Å². The molecule has 0 saturated carbocycles. The third kappa shape index (κ3) is 1.75. The SMILES string of the molecule is Br.Cn1c2ccccc2n2cc(C(C)(C)C)nc12. The molecular weight excluding hydrogens is 290 g/mol. The molecule has 2 heterocycles. The van der Waals surface area contributed by atoms with Gasteiger partial charge in [-0.1, -0.05) is 32.9 Å². The fraction of sp³-hybridized carbons (Fsp3) is 0.357. The maximum Gasteiger partial charge on any atom is 0.214 e. The molecule has 0 unspecified atom stereocenters. The molecule has 0 fully saturated rings. The van der Waals surface area contributed by atoms with Crippen LogP contribution in [0.2, 0.25) is 0 Å². The van der Waals surface area contributed by atoms with Gasteiger partial charge >= 0.3 is 0 Å². The van der Waals surface area contributed by atoms with Crippen LogP contribution >= 0.6 is 17.0 Å². The Hall–Kier alpha value is -1.29. The number of para-hydroxylation sites is 2. The molecule has 0 aliphatic rings. The van der Waals surface area contributed by atoms with Crippen LogP contribution in [0.1, 0.15) is 26.5 Å². The molecule has 3 nitrogen and oxygen atoms in total. The Kier molecular flexibility index (Phi) is 3.01. The highest BCUT2D eigenvalue weighted by Gasteiger charge is 2.20. The number of nitrogens with zero attached hydrogens (tertiary/aromatic N) is 3. The highest BCUT2D eigenvalue weighted by molar-refractivity contribution is 8.93. The van der Waals surface area contributed by atoms with Gasteiger partial charge in [-0.15, -0.1) is 17.0 Å². The summed E-state index contributed by atoms with van der Waals surface area (Å²) in [5.41, 5.74) is 3.66. The molecule has 0 N–H and O–H groups in total. The van der Waals surface area contributed by atoms with Gasteiger partial charge in [0.1, 0.15) is 0 Å². The quantitative estimate of drug-likeness (QED) is 0.621. The molecule has 18 heavy (non-hydrogen) atoms. The number of benzene rings is 1. The van der Waals surface area contributed by atoms with Gasteiger partial charge in [-0.2, -0.15) is 0 Å². The summed E-state index contributed by atoms with van der Waals surface area (Å²) in [6.45, 7) is 6.57. The molecule has 0 aliphatic carbocycles. The summed E-state index contributed by atoms with van der Waals surface area (Å²) in [6.07, 6.45) is 2.15. The number of aromatic nitrogens is 3. The minimum Gasteiger partial charge on any atom is -0.313 e. The predicted octanol–water partition coefficient (Wildman–Crippen LogP) is 3.70. The summed E-state index contributed by atoms with van der Waals surface area (Å²) in [4.78, 5) is 4.75. The van der Waals surface area contributed by atoms with Crippen LogP contribution in [0.5, 0.6) is 0 Å². The molecule has 3 rings (SSSR count). The second kappa shape index (κ2) is 4.12. The number of hydrogen-bond donors (Lipinski definition) is 0. The fourth-order valence-electron chi connectivity index (χ4n) is 2.20. The number of aryl methyl sites for hydroxylation is 1. The lowest BCUT2D eigenvalue weighted by Crippen LogP contribution is -2.11. The van der Waals surface area contributed by atoms with Crippen LogP contribution in [-0.2, 0) is 12.5 Å². The van der Waals surface area contributed by atoms with Crippen molar-refractivity contribution in [3.05, 3.63) is 36.2 Å². The Morgan fingerprint density at radius 1 is 1.06 bits per heavy atom. The van der Waals surface area contributed by atoms with Crippen molar-refractivity contribution in [3.8, 4) is 0 Å². The summed E-state index contributed by atoms with van der Waals surface area (Å²) >= 11 is 0. The van der Waals surface area contributed by atoms with E-state index >= 15 is 0 Å². The van der Waals surface area contributed by atoms with Gasteiger partial charge in [-0.3, -0.25) is 4.40 Å². The summed E-state index contributed by atoms with van der Waals surface area (Å²) in [5, 5.41) is 0. The third-order valence-corrected chi connectivity index (χ3v) is 3.26. The minimum atomic E-state index is 0. The zero-order valence-corrected chi connectivity index (χ0v) is 12.8. The van der Waals surface area contributed by atoms with Crippen LogP contribution in [0, 0.1) is 0 Å². The number of halogens is 1. The number of rotatable bonds is 0. The zero-order valence-electron chi connectivity index (χ0n) is 11.1. The second-order valence-electron chi connectivity index (χ2n) is 5.59. The molecule has 0 aliphatic heterocycles. The largest absolute Gasteiger partial charge is 0.313 e. The van der Waals surface area contributed by atoms with Crippen LogP contribution in [0.25, 0.3) is 16.8 Å². The van der Waals surface area contributed by atoms with Crippen LogP contribution in [0.15, 0.2) is 30.5 Å². The van der Waals surface area contributed by atoms with Crippen LogP contribution < -0.4 is 0 Å². The summed E-state index contributed by atoms with van der Waals surface area (Å²) in [6, 6.07) is 8.39. The highest BCUT2D eigenvalue weighted by Crippen LogP contribution is 2.25. The van der Waals surface area contributed by atoms with Gasteiger partial charge in [-0.25, -0.2) is 4.98 Å². The molecule has 96 valence electrons. The van der Waals surface area contributed by atoms with E-state index in [4.69, 9.17) is 4.98 Å². The number of hydrogen-bond acceptors (Lipinski definition) is 1. The fourth-order valence-corrected chi connectivity index (χ4v) is 2.20. The lowest BCUT2D eigenvalue weighted by Gasteiger charge is -2.14. The van der Waals surface area contributed by atoms with Gasteiger partial charge in [0.15, 0.2) is 0 Å². The van der Waals surface area contributed by atoms with Gasteiger partial charge in [-0.05, 0) is 12.1 Å². The molecular formula is C14H18BrN3. The van der Waals surface area contributed by atoms with E-state index < -0.39 is 0 Å². The van der Waals surface area contributed by atoms with E-state index in [1.807, 2.05) is 0 Å². The van der Waals surface area contributed by atoms with Crippen molar-refractivity contribution in [1.29, 1.82) is 0 Å². The molecule has 0 atom stereocenters. The maximum atomic E-state index is 4.75. The van der Waals surface area contributed by atoms with E-state index in [2.05, 4.69) is 67.2 Å². The molecule has 2 aromatic heterocycles. The molecule has 0 saturated heterocycles. The first kappa shape index (κ1) is 13.1. The average molecular weight is 308 g/mol. The third-order valence-electron chi connectivity index (χ3n) is 3.26. The first-order valence-corrected chi connectivity index (χ1v) is 5.91. The molecule has 3 aromatic rings. The van der Waals surface area contributed by atoms with E-state index in [9.17, 15) is 0 Å². The van der Waals surface area contributed by atoms with Crippen molar-refractivity contribution >= 4 is 33.8 Å². The summed E-state index contributed by atoms with van der Waals surface area (Å²) in [5.74, 6) is 1.01. The predicted molar refractivity (Wildman–Crippen MR) is 80.7 cm³/mol. The van der Waals surface area contributed by atoms with Gasteiger partial charge in [0.05, 0.1) is 16.7 Å². The van der Waals surface area contributed by atoms with Crippen molar-refractivity contribution in [1.82, 2.24) is 14.0 Å². The monoisotopic (exact) mass is 307 g/mol. The van der Waals surface area contributed by atoms with Crippen LogP contribution in [0.4, 0.5) is 0 Å². The van der Waals surface area contributed by atoms with Crippen molar-refractivity contribution < 1.29 is 0 Å². The van der Waals surface area contributed by atoms with E-state index in [0.717, 1.165) is 11.5 Å². The van der Waals surface area contributed by atoms with Gasteiger partial charge in [0.2, 0.25) is 5.78 Å². The summed E-state index contributed by atoms with van der Waals surface area (Å²) in [7, 11) is 2.07. The Bertz CT molecular complexity index is 701. The van der Waals surface area contributed by atoms with Crippen LogP contribution in [0.3, 0.4) is 0 Å². The lowest BCUT2D eigenvalue weighted by atomic mass is 9.93. The topological polar surface area (TPSA) is 22.2 Å². The lowest BCUT2D eigenvalue weighted by molar-refractivity contribution is 0.572. The molecule has 0 amide bonds. The van der Waals surface area contributed by atoms with Gasteiger partial charge in [0.25, 0.3) is 0 Å². The van der Waals surface area contributed by atoms with Gasteiger partial charge in [0, 0.05) is 18.7 Å². The minimum absolute atomic E-state index is 0. The molecule has 0 radical (unpaired) electrons. The first-order valence-electron chi connectivity index (χ1n) is 5.91. The molecule has 0 bridgehead atoms. The highest BCUT2D eigenvalue weighted by atomic mass is 79.9. The van der Waals surface area contributed by atoms with Crippen molar-refractivity contribution in [2.24, 2.45) is 7.05 Å². The zero-order chi connectivity index (χ0) is 12.2. The maximum absolute atomic E-state index is 4.75. The van der Waals surface area contributed by atoms with E-state index in [0.29, 0.717) is 0 Å². The Balaban J connectivity index is 0.00000120. The Labute approximate surface area is 117 Å². The van der Waals surface area contributed by atoms with Crippen molar-refractivity contribution in [2.45, 2.75) is 26.2 Å². The summed E-state index contributed by atoms with van der Waals surface area (Å²) < 4.78 is 4.32. The van der Waals surface area contributed by atoms with Crippen molar-refractivity contribution in [3.63, 3.8) is 0 Å². The van der Waals surface area contributed by atoms with Gasteiger partial charge < -0.3 is 4.57 Å². The molecule has 4 heteroatoms. The van der Waals surface area contributed by atoms with Crippen molar-refractivity contribution in [2.75, 3.05) is 0 Å². The standard InChI is InChI=1S/C14H17N3.BrH/c1-14(2,3)12-9-17-11-8-6-5-7-10(11)16(4)13(17)15-12;/h5-9H,1-4H3;1H. The normalized spacial score (nSPS) is 12.0. The Morgan fingerprint density at radius 2 is 1.67 bits per heavy atom. The number of fused-ring (bicyclic) bond motifs is 3. The molecule has 0 spiro atoms. The molecule has 1 aromatic carbocycles. The number of imidazole rings is 2. The van der Waals surface area contributed by atoms with Crippen LogP contribution in [-0.4, -0.2) is 14.0 Å². The second-order valence-corrected chi connectivity index (χ2v) is 5.59. The van der Waals surface area contributed by atoms with E-state index in [1.54, 1.807) is 0 Å². The first-order chi connectivity index (χ1) is 7.98. The Morgan fingerprint density at radius 3 is 2.28 bits per heavy atom. The van der Waals surface area contributed by atoms with E-state index in [1.165, 1.54) is 11.0 Å². The smallest absolute Gasteiger partial charge is 0.214 e. The average Bonchev–Trinajstić information content (AvgIpc) is 2.80.